The van der Waals surface area contributed by atoms with Gasteiger partial charge in [0.15, 0.2) is 5.13 Å². The molecule has 1 N–H and O–H groups in total. The maximum Gasteiger partial charge on any atom is 0.188 e. The first-order valence-electron chi connectivity index (χ1n) is 8.53. The van der Waals surface area contributed by atoms with Crippen molar-refractivity contribution in [3.8, 4) is 0 Å². The van der Waals surface area contributed by atoms with E-state index < -0.39 is 0 Å². The normalized spacial score (nSPS) is 17.5. The highest BCUT2D eigenvalue weighted by atomic mass is 79.9. The van der Waals surface area contributed by atoms with Crippen LogP contribution < -0.4 is 10.2 Å². The second kappa shape index (κ2) is 8.16. The van der Waals surface area contributed by atoms with E-state index in [1.54, 1.807) is 11.3 Å². The quantitative estimate of drug-likeness (QED) is 0.758. The van der Waals surface area contributed by atoms with E-state index in [9.17, 15) is 0 Å². The van der Waals surface area contributed by atoms with E-state index in [-0.39, 0.29) is 0 Å². The summed E-state index contributed by atoms with van der Waals surface area (Å²) in [6.45, 7) is 3.37. The number of aromatic nitrogens is 2. The fraction of sp³-hybridized carbons (Fsp3) is 0.263. The molecule has 2 aromatic rings. The number of nitrogens with zero attached hydrogens (tertiary/aromatic N) is 3. The summed E-state index contributed by atoms with van der Waals surface area (Å²) < 4.78 is 6.50. The maximum absolute atomic E-state index is 5.43. The molecule has 0 atom stereocenters. The summed E-state index contributed by atoms with van der Waals surface area (Å²) in [6.07, 6.45) is 13.1. The molecule has 4 rings (SSSR count). The molecule has 1 aliphatic heterocycles. The van der Waals surface area contributed by atoms with Crippen LogP contribution in [-0.4, -0.2) is 36.3 Å². The van der Waals surface area contributed by atoms with Crippen LogP contribution in [0.1, 0.15) is 11.3 Å². The van der Waals surface area contributed by atoms with Crippen molar-refractivity contribution in [3.63, 3.8) is 0 Å². The number of hydrogen-bond acceptors (Lipinski definition) is 6. The average Bonchev–Trinajstić information content (AvgIpc) is 3.02. The number of ether oxygens (including phenoxy) is 1. The molecule has 0 radical (unpaired) electrons. The van der Waals surface area contributed by atoms with Crippen LogP contribution in [0.15, 0.2) is 53.3 Å². The van der Waals surface area contributed by atoms with Crippen molar-refractivity contribution in [2.24, 2.45) is 0 Å². The van der Waals surface area contributed by atoms with E-state index in [2.05, 4.69) is 60.4 Å². The Labute approximate surface area is 165 Å². The first-order valence-corrected chi connectivity index (χ1v) is 10.1. The number of morpholine rings is 1. The largest absolute Gasteiger partial charge is 0.378 e. The van der Waals surface area contributed by atoms with Gasteiger partial charge < -0.3 is 15.0 Å². The van der Waals surface area contributed by atoms with Gasteiger partial charge in [-0.2, -0.15) is 0 Å². The van der Waals surface area contributed by atoms with Gasteiger partial charge in [-0.1, -0.05) is 39.4 Å². The third-order valence-corrected chi connectivity index (χ3v) is 5.70. The number of allylic oxidation sites excluding steroid dienone is 6. The summed E-state index contributed by atoms with van der Waals surface area (Å²) in [5.41, 5.74) is 2.41. The van der Waals surface area contributed by atoms with Crippen LogP contribution in [0.3, 0.4) is 0 Å². The lowest BCUT2D eigenvalue weighted by Gasteiger charge is -2.28. The maximum atomic E-state index is 5.43. The number of hydrogen-bond donors (Lipinski definition) is 1. The van der Waals surface area contributed by atoms with Crippen LogP contribution in [0.4, 0.5) is 16.6 Å². The molecule has 2 aromatic heterocycles. The zero-order chi connectivity index (χ0) is 17.8. The Balaban J connectivity index is 1.49. The Morgan fingerprint density at radius 3 is 3.00 bits per heavy atom. The zero-order valence-electron chi connectivity index (χ0n) is 14.2. The standard InChI is InChI=1S/C19H19BrN4OS/c20-15-4-2-1-3-14(11-15)17-13-22-19(26-17)23-18-12-16(5-6-21-18)24-7-9-25-10-8-24/h1-2,4-6,11-13H,3,7-10H2,(H,21,22,23). The summed E-state index contributed by atoms with van der Waals surface area (Å²) >= 11 is 5.20. The van der Waals surface area contributed by atoms with Gasteiger partial charge in [0.1, 0.15) is 5.82 Å². The Morgan fingerprint density at radius 2 is 2.12 bits per heavy atom. The summed E-state index contributed by atoms with van der Waals surface area (Å²) in [6, 6.07) is 4.11. The second-order valence-corrected chi connectivity index (χ2v) is 7.95. The fourth-order valence-corrected chi connectivity index (χ4v) is 4.17. The average molecular weight is 431 g/mol. The molecule has 3 heterocycles. The number of nitrogens with one attached hydrogen (secondary N) is 1. The summed E-state index contributed by atoms with van der Waals surface area (Å²) in [4.78, 5) is 12.4. The predicted octanol–water partition coefficient (Wildman–Crippen LogP) is 4.74. The SMILES string of the molecule is BrC1=CC=CCC(c2cnc(Nc3cc(N4CCOCC4)ccn3)s2)=C1. The third-order valence-electron chi connectivity index (χ3n) is 4.22. The van der Waals surface area contributed by atoms with Gasteiger partial charge in [-0.25, -0.2) is 9.97 Å². The van der Waals surface area contributed by atoms with Crippen LogP contribution in [0, 0.1) is 0 Å². The highest BCUT2D eigenvalue weighted by Gasteiger charge is 2.13. The van der Waals surface area contributed by atoms with Crippen molar-refractivity contribution < 1.29 is 4.74 Å². The van der Waals surface area contributed by atoms with E-state index in [4.69, 9.17) is 4.74 Å². The topological polar surface area (TPSA) is 50.3 Å². The molecule has 0 spiro atoms. The predicted molar refractivity (Wildman–Crippen MR) is 111 cm³/mol. The Kier molecular flexibility index (Phi) is 5.48. The molecule has 0 bridgehead atoms. The molecule has 0 amide bonds. The van der Waals surface area contributed by atoms with Gasteiger partial charge in [0.2, 0.25) is 0 Å². The van der Waals surface area contributed by atoms with E-state index in [1.165, 1.54) is 5.57 Å². The Morgan fingerprint density at radius 1 is 1.23 bits per heavy atom. The van der Waals surface area contributed by atoms with Crippen molar-refractivity contribution >= 4 is 49.5 Å². The summed E-state index contributed by atoms with van der Waals surface area (Å²) in [5, 5.41) is 4.18. The fourth-order valence-electron chi connectivity index (χ4n) is 2.90. The van der Waals surface area contributed by atoms with Crippen molar-refractivity contribution in [1.82, 2.24) is 9.97 Å². The van der Waals surface area contributed by atoms with Crippen LogP contribution in [-0.2, 0) is 4.74 Å². The third kappa shape index (κ3) is 4.23. The second-order valence-electron chi connectivity index (χ2n) is 6.01. The molecular weight excluding hydrogens is 412 g/mol. The molecule has 1 aliphatic carbocycles. The highest BCUT2D eigenvalue weighted by molar-refractivity contribution is 9.11. The van der Waals surface area contributed by atoms with Crippen molar-refractivity contribution in [2.45, 2.75) is 6.42 Å². The number of pyridine rings is 1. The van der Waals surface area contributed by atoms with E-state index in [0.29, 0.717) is 0 Å². The van der Waals surface area contributed by atoms with Gasteiger partial charge in [-0.15, -0.1) is 0 Å². The van der Waals surface area contributed by atoms with E-state index in [1.807, 2.05) is 24.5 Å². The molecule has 0 saturated carbocycles. The van der Waals surface area contributed by atoms with Gasteiger partial charge in [0, 0.05) is 41.7 Å². The molecule has 134 valence electrons. The zero-order valence-corrected chi connectivity index (χ0v) is 16.6. The smallest absolute Gasteiger partial charge is 0.188 e. The molecule has 0 aromatic carbocycles. The van der Waals surface area contributed by atoms with E-state index >= 15 is 0 Å². The Hall–Kier alpha value is -1.96. The van der Waals surface area contributed by atoms with Gasteiger partial charge >= 0.3 is 0 Å². The highest BCUT2D eigenvalue weighted by Crippen LogP contribution is 2.32. The number of rotatable bonds is 4. The lowest BCUT2D eigenvalue weighted by molar-refractivity contribution is 0.122. The van der Waals surface area contributed by atoms with Crippen LogP contribution >= 0.6 is 27.3 Å². The van der Waals surface area contributed by atoms with Gasteiger partial charge in [-0.3, -0.25) is 0 Å². The lowest BCUT2D eigenvalue weighted by Crippen LogP contribution is -2.36. The molecule has 0 unspecified atom stereocenters. The van der Waals surface area contributed by atoms with Crippen LogP contribution in [0.2, 0.25) is 0 Å². The molecule has 7 heteroatoms. The lowest BCUT2D eigenvalue weighted by atomic mass is 10.1. The first kappa shape index (κ1) is 17.5. The molecular formula is C19H19BrN4OS. The molecule has 1 saturated heterocycles. The number of anilines is 3. The monoisotopic (exact) mass is 430 g/mol. The summed E-state index contributed by atoms with van der Waals surface area (Å²) in [7, 11) is 0. The molecule has 1 fully saturated rings. The minimum absolute atomic E-state index is 0.772. The van der Waals surface area contributed by atoms with Gasteiger partial charge in [0.05, 0.1) is 18.1 Å². The number of halogens is 1. The van der Waals surface area contributed by atoms with E-state index in [0.717, 1.165) is 58.7 Å². The molecule has 26 heavy (non-hydrogen) atoms. The van der Waals surface area contributed by atoms with Crippen molar-refractivity contribution in [1.29, 1.82) is 0 Å². The van der Waals surface area contributed by atoms with Crippen LogP contribution in [0.25, 0.3) is 5.57 Å². The van der Waals surface area contributed by atoms with Crippen molar-refractivity contribution in [2.75, 3.05) is 36.5 Å². The van der Waals surface area contributed by atoms with Gasteiger partial charge in [-0.05, 0) is 30.2 Å². The van der Waals surface area contributed by atoms with Crippen LogP contribution in [0.5, 0.6) is 0 Å². The Bertz CT molecular complexity index is 868. The molecule has 5 nitrogen and oxygen atoms in total. The summed E-state index contributed by atoms with van der Waals surface area (Å²) in [5.74, 6) is 0.811. The van der Waals surface area contributed by atoms with Crippen molar-refractivity contribution in [3.05, 3.63) is 58.2 Å². The first-order chi connectivity index (χ1) is 12.8. The number of thiazole rings is 1. The molecule has 2 aliphatic rings. The minimum Gasteiger partial charge on any atom is -0.378 e. The van der Waals surface area contributed by atoms with Gasteiger partial charge in [0.25, 0.3) is 0 Å². The minimum atomic E-state index is 0.772.